The van der Waals surface area contributed by atoms with Gasteiger partial charge in [-0.2, -0.15) is 0 Å². The summed E-state index contributed by atoms with van der Waals surface area (Å²) in [7, 11) is 0. The summed E-state index contributed by atoms with van der Waals surface area (Å²) in [4.78, 5) is 9.39. The average Bonchev–Trinajstić information content (AvgIpc) is 2.82. The minimum atomic E-state index is 0.521. The Morgan fingerprint density at radius 3 is 2.03 bits per heavy atom. The maximum absolute atomic E-state index is 6.12. The molecule has 170 valence electrons. The lowest BCUT2D eigenvalue weighted by Crippen LogP contribution is -2.20. The molecule has 2 aromatic rings. The van der Waals surface area contributed by atoms with E-state index >= 15 is 0 Å². The van der Waals surface area contributed by atoms with E-state index < -0.39 is 0 Å². The first-order chi connectivity index (χ1) is 15.3. The second-order valence-electron chi connectivity index (χ2n) is 9.39. The van der Waals surface area contributed by atoms with Crippen molar-refractivity contribution < 1.29 is 4.74 Å². The van der Waals surface area contributed by atoms with Crippen molar-refractivity contribution in [3.63, 3.8) is 0 Å². The van der Waals surface area contributed by atoms with Crippen LogP contribution in [0.3, 0.4) is 0 Å². The summed E-state index contributed by atoms with van der Waals surface area (Å²) in [6.07, 6.45) is 20.3. The highest BCUT2D eigenvalue weighted by atomic mass is 16.5. The Hall–Kier alpha value is -1.90. The largest absolute Gasteiger partial charge is 0.493 e. The van der Waals surface area contributed by atoms with Gasteiger partial charge in [0, 0.05) is 18.3 Å². The molecular formula is C28H42N2O. The van der Waals surface area contributed by atoms with Gasteiger partial charge in [-0.05, 0) is 80.5 Å². The van der Waals surface area contributed by atoms with Crippen LogP contribution in [0.25, 0.3) is 0 Å². The van der Waals surface area contributed by atoms with Crippen molar-refractivity contribution in [1.82, 2.24) is 9.97 Å². The molecule has 31 heavy (non-hydrogen) atoms. The van der Waals surface area contributed by atoms with E-state index in [1.54, 1.807) is 0 Å². The number of aryl methyl sites for hydroxylation is 2. The molecule has 0 spiro atoms. The summed E-state index contributed by atoms with van der Waals surface area (Å²) in [5, 5.41) is 0. The predicted octanol–water partition coefficient (Wildman–Crippen LogP) is 7.68. The third kappa shape index (κ3) is 8.27. The zero-order valence-electron chi connectivity index (χ0n) is 19.8. The lowest BCUT2D eigenvalue weighted by molar-refractivity contribution is 0.198. The molecule has 0 N–H and O–H groups in total. The Morgan fingerprint density at radius 1 is 0.742 bits per heavy atom. The predicted molar refractivity (Wildman–Crippen MR) is 130 cm³/mol. The topological polar surface area (TPSA) is 35.0 Å². The molecule has 0 atom stereocenters. The Bertz CT molecular complexity index is 718. The molecule has 1 aromatic heterocycles. The molecule has 1 aromatic carbocycles. The third-order valence-electron chi connectivity index (χ3n) is 6.73. The molecule has 0 amide bonds. The van der Waals surface area contributed by atoms with E-state index in [4.69, 9.17) is 14.7 Å². The van der Waals surface area contributed by atoms with Gasteiger partial charge in [0.15, 0.2) is 0 Å². The lowest BCUT2D eigenvalue weighted by Gasteiger charge is -2.27. The molecule has 1 heterocycles. The molecular weight excluding hydrogens is 380 g/mol. The molecule has 0 radical (unpaired) electrons. The Kier molecular flexibility index (Phi) is 10.3. The smallest absolute Gasteiger partial charge is 0.131 e. The molecule has 1 aliphatic rings. The van der Waals surface area contributed by atoms with Crippen LogP contribution in [0.15, 0.2) is 36.7 Å². The standard InChI is InChI=1S/C28H42N2O/c1-3-5-7-9-10-23-14-18-27(19-15-23)31-22-24-12-16-26(17-13-24)28-29-20-25(21-30-28)11-8-6-4-2/h14-15,18-21,24,26H,3-13,16-17,22H2,1-2H3/t24-,26-. The van der Waals surface area contributed by atoms with Crippen LogP contribution >= 0.6 is 0 Å². The van der Waals surface area contributed by atoms with Crippen molar-refractivity contribution in [1.29, 1.82) is 0 Å². The summed E-state index contributed by atoms with van der Waals surface area (Å²) >= 11 is 0. The molecule has 0 saturated heterocycles. The molecule has 3 heteroatoms. The Labute approximate surface area is 190 Å². The highest BCUT2D eigenvalue weighted by molar-refractivity contribution is 5.27. The van der Waals surface area contributed by atoms with Gasteiger partial charge in [-0.25, -0.2) is 9.97 Å². The quantitative estimate of drug-likeness (QED) is 0.310. The number of hydrogen-bond donors (Lipinski definition) is 0. The zero-order valence-corrected chi connectivity index (χ0v) is 19.8. The number of hydrogen-bond acceptors (Lipinski definition) is 3. The number of benzene rings is 1. The summed E-state index contributed by atoms with van der Waals surface area (Å²) in [5.74, 6) is 3.24. The first-order valence-corrected chi connectivity index (χ1v) is 12.8. The van der Waals surface area contributed by atoms with Gasteiger partial charge in [-0.15, -0.1) is 0 Å². The second-order valence-corrected chi connectivity index (χ2v) is 9.39. The van der Waals surface area contributed by atoms with Crippen LogP contribution < -0.4 is 4.74 Å². The van der Waals surface area contributed by atoms with Crippen LogP contribution in [0.4, 0.5) is 0 Å². The van der Waals surface area contributed by atoms with Gasteiger partial charge in [0.2, 0.25) is 0 Å². The monoisotopic (exact) mass is 422 g/mol. The van der Waals surface area contributed by atoms with Crippen LogP contribution in [0, 0.1) is 5.92 Å². The van der Waals surface area contributed by atoms with Gasteiger partial charge in [0.05, 0.1) is 6.61 Å². The van der Waals surface area contributed by atoms with E-state index in [1.165, 1.54) is 88.2 Å². The molecule has 1 saturated carbocycles. The van der Waals surface area contributed by atoms with E-state index in [1.807, 2.05) is 0 Å². The first-order valence-electron chi connectivity index (χ1n) is 12.8. The van der Waals surface area contributed by atoms with Gasteiger partial charge in [-0.1, -0.05) is 58.1 Å². The van der Waals surface area contributed by atoms with E-state index in [2.05, 4.69) is 50.5 Å². The Morgan fingerprint density at radius 2 is 1.35 bits per heavy atom. The summed E-state index contributed by atoms with van der Waals surface area (Å²) in [5.41, 5.74) is 2.71. The number of ether oxygens (including phenoxy) is 1. The van der Waals surface area contributed by atoms with E-state index in [9.17, 15) is 0 Å². The van der Waals surface area contributed by atoms with Crippen molar-refractivity contribution in [2.75, 3.05) is 6.61 Å². The molecule has 0 aliphatic heterocycles. The minimum Gasteiger partial charge on any atom is -0.493 e. The van der Waals surface area contributed by atoms with Gasteiger partial charge in [-0.3, -0.25) is 0 Å². The number of rotatable bonds is 13. The number of unbranched alkanes of at least 4 members (excludes halogenated alkanes) is 5. The summed E-state index contributed by atoms with van der Waals surface area (Å²) in [6, 6.07) is 8.77. The number of nitrogens with zero attached hydrogens (tertiary/aromatic N) is 2. The van der Waals surface area contributed by atoms with Crippen molar-refractivity contribution in [3.8, 4) is 5.75 Å². The first kappa shape index (κ1) is 23.8. The fourth-order valence-corrected chi connectivity index (χ4v) is 4.59. The van der Waals surface area contributed by atoms with Crippen molar-refractivity contribution in [2.45, 2.75) is 103 Å². The van der Waals surface area contributed by atoms with Crippen molar-refractivity contribution >= 4 is 0 Å². The molecule has 1 fully saturated rings. The molecule has 1 aliphatic carbocycles. The van der Waals surface area contributed by atoms with Crippen LogP contribution in [0.5, 0.6) is 5.75 Å². The van der Waals surface area contributed by atoms with Crippen LogP contribution in [0.1, 0.15) is 107 Å². The SMILES string of the molecule is CCCCCCc1ccc(OC[C@H]2CC[C@H](c3ncc(CCCCC)cn3)CC2)cc1. The summed E-state index contributed by atoms with van der Waals surface area (Å²) in [6.45, 7) is 5.34. The van der Waals surface area contributed by atoms with Crippen LogP contribution in [0.2, 0.25) is 0 Å². The molecule has 0 unspecified atom stereocenters. The zero-order chi connectivity index (χ0) is 21.7. The van der Waals surface area contributed by atoms with Crippen molar-refractivity contribution in [3.05, 3.63) is 53.6 Å². The molecule has 3 rings (SSSR count). The lowest BCUT2D eigenvalue weighted by atomic mass is 9.82. The second kappa shape index (κ2) is 13.5. The van der Waals surface area contributed by atoms with Gasteiger partial charge in [0.1, 0.15) is 11.6 Å². The fraction of sp³-hybridized carbons (Fsp3) is 0.643. The van der Waals surface area contributed by atoms with E-state index in [-0.39, 0.29) is 0 Å². The van der Waals surface area contributed by atoms with Gasteiger partial charge in [0.25, 0.3) is 0 Å². The summed E-state index contributed by atoms with van der Waals surface area (Å²) < 4.78 is 6.12. The highest BCUT2D eigenvalue weighted by Crippen LogP contribution is 2.34. The minimum absolute atomic E-state index is 0.521. The Balaban J connectivity index is 1.35. The molecule has 3 nitrogen and oxygen atoms in total. The fourth-order valence-electron chi connectivity index (χ4n) is 4.59. The van der Waals surface area contributed by atoms with Crippen molar-refractivity contribution in [2.24, 2.45) is 5.92 Å². The maximum Gasteiger partial charge on any atom is 0.131 e. The third-order valence-corrected chi connectivity index (χ3v) is 6.73. The van der Waals surface area contributed by atoms with Crippen LogP contribution in [-0.2, 0) is 12.8 Å². The van der Waals surface area contributed by atoms with E-state index in [0.29, 0.717) is 11.8 Å². The molecule has 0 bridgehead atoms. The highest BCUT2D eigenvalue weighted by Gasteiger charge is 2.24. The normalized spacial score (nSPS) is 18.8. The number of aromatic nitrogens is 2. The van der Waals surface area contributed by atoms with Crippen LogP contribution in [-0.4, -0.2) is 16.6 Å². The van der Waals surface area contributed by atoms with Gasteiger partial charge < -0.3 is 4.74 Å². The maximum atomic E-state index is 6.12. The van der Waals surface area contributed by atoms with E-state index in [0.717, 1.165) is 24.6 Å². The van der Waals surface area contributed by atoms with Gasteiger partial charge >= 0.3 is 0 Å². The average molecular weight is 423 g/mol.